The standard InChI is InChI=1S/C17H35NO.C10H21NO2.C9H19NO.C7H15NO2/c1-4-6-7-8-9-10-11-12-13-14-15-18-17(19)16(3)5-2;1-4-6-7-13-8-11-10(12)9(3)5-2;1-4-6-7-10-9(11)8(3)5-2;1-3-6(2)7(10)8-4-5-9/h16H,4-15H2,1-3H3,(H,18,19);9H,4-8H2,1-3H3,(H,11,12);8H,4-7H2,1-3H3,(H,10,11);6,9H,3-5H2,1-2H3,(H,8,10). The van der Waals surface area contributed by atoms with E-state index in [-0.39, 0.29) is 53.9 Å². The summed E-state index contributed by atoms with van der Waals surface area (Å²) < 4.78 is 5.21. The third kappa shape index (κ3) is 44.1. The van der Waals surface area contributed by atoms with E-state index < -0.39 is 0 Å². The van der Waals surface area contributed by atoms with Crippen LogP contribution in [-0.2, 0) is 23.9 Å². The maximum atomic E-state index is 11.5. The Hall–Kier alpha value is -2.20. The van der Waals surface area contributed by atoms with Gasteiger partial charge in [0, 0.05) is 49.9 Å². The Kier molecular flexibility index (Phi) is 49.9. The molecule has 4 atom stereocenters. The van der Waals surface area contributed by atoms with Crippen LogP contribution in [0, 0.1) is 23.7 Å². The van der Waals surface area contributed by atoms with E-state index in [2.05, 4.69) is 49.0 Å². The number of hydrogen-bond acceptors (Lipinski definition) is 6. The van der Waals surface area contributed by atoms with Crippen LogP contribution >= 0.6 is 0 Å². The molecule has 0 aromatic heterocycles. The van der Waals surface area contributed by atoms with Gasteiger partial charge in [-0.1, -0.05) is 147 Å². The summed E-state index contributed by atoms with van der Waals surface area (Å²) in [5.74, 6) is 1.02. The first kappa shape index (κ1) is 57.5. The van der Waals surface area contributed by atoms with Gasteiger partial charge in [-0.15, -0.1) is 0 Å². The normalized spacial score (nSPS) is 12.5. The number of rotatable bonds is 29. The van der Waals surface area contributed by atoms with E-state index in [1.807, 2.05) is 48.5 Å². The van der Waals surface area contributed by atoms with Gasteiger partial charge in [-0.3, -0.25) is 19.2 Å². The van der Waals surface area contributed by atoms with E-state index in [0.29, 0.717) is 13.3 Å². The molecule has 0 rings (SSSR count). The zero-order chi connectivity index (χ0) is 41.1. The predicted molar refractivity (Wildman–Crippen MR) is 225 cm³/mol. The average molecular weight is 759 g/mol. The molecule has 10 nitrogen and oxygen atoms in total. The second-order valence-electron chi connectivity index (χ2n) is 14.3. The number of hydrogen-bond donors (Lipinski definition) is 5. The van der Waals surface area contributed by atoms with E-state index in [4.69, 9.17) is 9.84 Å². The monoisotopic (exact) mass is 759 g/mol. The molecular weight excluding hydrogens is 668 g/mol. The Morgan fingerprint density at radius 1 is 0.434 bits per heavy atom. The van der Waals surface area contributed by atoms with Crippen LogP contribution in [0.25, 0.3) is 0 Å². The smallest absolute Gasteiger partial charge is 0.224 e. The molecule has 0 fully saturated rings. The molecule has 0 saturated heterocycles. The minimum Gasteiger partial charge on any atom is -0.395 e. The quantitative estimate of drug-likeness (QED) is 0.0380. The Balaban J connectivity index is -0.000000313. The summed E-state index contributed by atoms with van der Waals surface area (Å²) in [5.41, 5.74) is 0. The summed E-state index contributed by atoms with van der Waals surface area (Å²) in [6.07, 6.45) is 21.4. The third-order valence-corrected chi connectivity index (χ3v) is 9.30. The highest BCUT2D eigenvalue weighted by Crippen LogP contribution is 2.10. The Bertz CT molecular complexity index is 814. The summed E-state index contributed by atoms with van der Waals surface area (Å²) in [7, 11) is 0. The van der Waals surface area contributed by atoms with Gasteiger partial charge in [0.25, 0.3) is 0 Å². The van der Waals surface area contributed by atoms with E-state index in [1.54, 1.807) is 0 Å². The van der Waals surface area contributed by atoms with Crippen molar-refractivity contribution in [3.05, 3.63) is 0 Å². The zero-order valence-corrected chi connectivity index (χ0v) is 36.8. The second-order valence-corrected chi connectivity index (χ2v) is 14.3. The van der Waals surface area contributed by atoms with Crippen LogP contribution in [0.5, 0.6) is 0 Å². The summed E-state index contributed by atoms with van der Waals surface area (Å²) in [5, 5.41) is 19.6. The number of carbonyl (C=O) groups excluding carboxylic acids is 4. The molecule has 0 aliphatic carbocycles. The lowest BCUT2D eigenvalue weighted by Crippen LogP contribution is -2.31. The fraction of sp³-hybridized carbons (Fsp3) is 0.907. The van der Waals surface area contributed by atoms with Crippen molar-refractivity contribution in [3.63, 3.8) is 0 Å². The molecule has 10 heteroatoms. The van der Waals surface area contributed by atoms with Gasteiger partial charge in [0.1, 0.15) is 6.73 Å². The van der Waals surface area contributed by atoms with Gasteiger partial charge in [0.2, 0.25) is 23.6 Å². The van der Waals surface area contributed by atoms with Crippen LogP contribution in [0.2, 0.25) is 0 Å². The highest BCUT2D eigenvalue weighted by Gasteiger charge is 2.10. The van der Waals surface area contributed by atoms with Crippen molar-refractivity contribution >= 4 is 23.6 Å². The largest absolute Gasteiger partial charge is 0.395 e. The number of aliphatic hydroxyl groups is 1. The SMILES string of the molecule is CCC(C)C(=O)NCCO.CCCCCCCCCCCCNC(=O)C(C)CC.CCCCNC(=O)C(C)CC.CCCCOCNC(=O)C(C)CC. The molecular formula is C43H90N4O6. The number of aliphatic hydroxyl groups excluding tert-OH is 1. The molecule has 4 amide bonds. The molecule has 0 aliphatic heterocycles. The molecule has 0 bridgehead atoms. The van der Waals surface area contributed by atoms with Crippen LogP contribution < -0.4 is 21.3 Å². The third-order valence-electron chi connectivity index (χ3n) is 9.30. The zero-order valence-electron chi connectivity index (χ0n) is 36.8. The van der Waals surface area contributed by atoms with Crippen molar-refractivity contribution in [2.45, 2.75) is 192 Å². The molecule has 318 valence electrons. The fourth-order valence-electron chi connectivity index (χ4n) is 4.27. The topological polar surface area (TPSA) is 146 Å². The van der Waals surface area contributed by atoms with Crippen molar-refractivity contribution < 1.29 is 29.0 Å². The van der Waals surface area contributed by atoms with Gasteiger partial charge in [-0.25, -0.2) is 0 Å². The second kappa shape index (κ2) is 46.0. The Labute approximate surface area is 328 Å². The highest BCUT2D eigenvalue weighted by atomic mass is 16.5. The van der Waals surface area contributed by atoms with E-state index in [9.17, 15) is 19.2 Å². The van der Waals surface area contributed by atoms with Gasteiger partial charge >= 0.3 is 0 Å². The first-order valence-corrected chi connectivity index (χ1v) is 21.7. The van der Waals surface area contributed by atoms with E-state index >= 15 is 0 Å². The molecule has 5 N–H and O–H groups in total. The number of amides is 4. The van der Waals surface area contributed by atoms with Crippen LogP contribution in [0.4, 0.5) is 0 Å². The number of nitrogens with one attached hydrogen (secondary N) is 4. The Morgan fingerprint density at radius 3 is 1.11 bits per heavy atom. The van der Waals surface area contributed by atoms with Gasteiger partial charge < -0.3 is 31.1 Å². The van der Waals surface area contributed by atoms with E-state index in [0.717, 1.165) is 77.5 Å². The lowest BCUT2D eigenvalue weighted by molar-refractivity contribution is -0.126. The lowest BCUT2D eigenvalue weighted by atomic mass is 10.1. The van der Waals surface area contributed by atoms with Crippen molar-refractivity contribution in [3.8, 4) is 0 Å². The van der Waals surface area contributed by atoms with Crippen molar-refractivity contribution in [1.29, 1.82) is 0 Å². The first-order chi connectivity index (χ1) is 25.4. The van der Waals surface area contributed by atoms with Crippen LogP contribution in [0.3, 0.4) is 0 Å². The number of unbranched alkanes of at least 4 members (excludes halogenated alkanes) is 11. The van der Waals surface area contributed by atoms with Crippen molar-refractivity contribution in [2.24, 2.45) is 23.7 Å². The lowest BCUT2D eigenvalue weighted by Gasteiger charge is -2.09. The molecule has 53 heavy (non-hydrogen) atoms. The predicted octanol–water partition coefficient (Wildman–Crippen LogP) is 9.08. The molecule has 4 unspecified atom stereocenters. The highest BCUT2D eigenvalue weighted by molar-refractivity contribution is 5.79. The van der Waals surface area contributed by atoms with Gasteiger partial charge in [0.15, 0.2) is 0 Å². The molecule has 0 aromatic carbocycles. The molecule has 0 aromatic rings. The summed E-state index contributed by atoms with van der Waals surface area (Å²) in [6.45, 7) is 25.4. The van der Waals surface area contributed by atoms with Gasteiger partial charge in [0.05, 0.1) is 6.61 Å². The summed E-state index contributed by atoms with van der Waals surface area (Å²) >= 11 is 0. The van der Waals surface area contributed by atoms with Gasteiger partial charge in [-0.05, 0) is 44.9 Å². The Morgan fingerprint density at radius 2 is 0.755 bits per heavy atom. The van der Waals surface area contributed by atoms with Crippen LogP contribution in [0.15, 0.2) is 0 Å². The van der Waals surface area contributed by atoms with Crippen LogP contribution in [-0.4, -0.2) is 68.3 Å². The molecule has 0 heterocycles. The molecule has 0 radical (unpaired) electrons. The number of ether oxygens (including phenoxy) is 1. The molecule has 0 aliphatic rings. The maximum absolute atomic E-state index is 11.5. The first-order valence-electron chi connectivity index (χ1n) is 21.7. The summed E-state index contributed by atoms with van der Waals surface area (Å²) in [4.78, 5) is 44.8. The maximum Gasteiger partial charge on any atom is 0.224 e. The fourth-order valence-corrected chi connectivity index (χ4v) is 4.27. The van der Waals surface area contributed by atoms with Crippen molar-refractivity contribution in [2.75, 3.05) is 39.6 Å². The van der Waals surface area contributed by atoms with Gasteiger partial charge in [-0.2, -0.15) is 0 Å². The van der Waals surface area contributed by atoms with Crippen LogP contribution in [0.1, 0.15) is 192 Å². The average Bonchev–Trinajstić information content (AvgIpc) is 3.17. The summed E-state index contributed by atoms with van der Waals surface area (Å²) in [6, 6.07) is 0. The van der Waals surface area contributed by atoms with E-state index in [1.165, 1.54) is 57.8 Å². The van der Waals surface area contributed by atoms with Crippen molar-refractivity contribution in [1.82, 2.24) is 21.3 Å². The minimum atomic E-state index is 0.0160. The molecule has 0 saturated carbocycles. The minimum absolute atomic E-state index is 0.0160. The molecule has 0 spiro atoms. The number of carbonyl (C=O) groups is 4.